The molecule has 3 aromatic carbocycles. The summed E-state index contributed by atoms with van der Waals surface area (Å²) in [5.74, 6) is -15.4. The highest BCUT2D eigenvalue weighted by molar-refractivity contribution is 6.07. The Morgan fingerprint density at radius 3 is 1.47 bits per heavy atom. The maximum atomic E-state index is 14.5. The number of nitrogens with one attached hydrogen (secondary N) is 9. The number of fused-ring (bicyclic) bond motifs is 1. The molecule has 0 aliphatic carbocycles. The second-order valence-electron chi connectivity index (χ2n) is 21.5. The molecule has 0 spiro atoms. The van der Waals surface area contributed by atoms with Crippen LogP contribution in [0.15, 0.2) is 65.1 Å². The zero-order valence-electron chi connectivity index (χ0n) is 48.8. The SMILES string of the molecule is CC[C@H](C)[C@@H]1NC(=O)[C@H](Cc2ccc(O)cc2)NC(=O)[C@H](CC(=O)O)NC(=O)CCc2cccc3c2oc2c(cccc23)CCNC(=O)[C@H](CC(=O)O)NC(=O)[C@H](CC(=O)O)NC(=O)[C@H]([C@@H](C)CC)NC(=O)[C@H](CCCCN)NC(=O)[C@H](CO)NC1=O. The summed E-state index contributed by atoms with van der Waals surface area (Å²) < 4.78 is 6.39. The van der Waals surface area contributed by atoms with Crippen molar-refractivity contribution in [1.82, 2.24) is 47.9 Å². The predicted octanol–water partition coefficient (Wildman–Crippen LogP) is -0.345. The molecule has 10 atom stereocenters. The monoisotopic (exact) mass is 1210 g/mol. The van der Waals surface area contributed by atoms with Gasteiger partial charge in [-0.05, 0) is 79.3 Å². The number of para-hydroxylation sites is 2. The number of carbonyl (C=O) groups is 12. The average molecular weight is 1220 g/mol. The van der Waals surface area contributed by atoms with Gasteiger partial charge in [0, 0.05) is 30.2 Å². The fourth-order valence-corrected chi connectivity index (χ4v) is 9.72. The second-order valence-corrected chi connectivity index (χ2v) is 21.5. The van der Waals surface area contributed by atoms with Crippen molar-refractivity contribution in [3.05, 3.63) is 77.4 Å². The highest BCUT2D eigenvalue weighted by atomic mass is 16.4. The molecule has 472 valence electrons. The summed E-state index contributed by atoms with van der Waals surface area (Å²) in [7, 11) is 0. The smallest absolute Gasteiger partial charge is 0.305 e. The van der Waals surface area contributed by atoms with Crippen LogP contribution in [0.5, 0.6) is 5.75 Å². The lowest BCUT2D eigenvalue weighted by atomic mass is 9.96. The third-order valence-corrected chi connectivity index (χ3v) is 15.0. The first kappa shape index (κ1) is 68.6. The number of unbranched alkanes of at least 4 members (excludes halogenated alkanes) is 1. The molecule has 1 aliphatic rings. The highest BCUT2D eigenvalue weighted by Crippen LogP contribution is 2.33. The Hall–Kier alpha value is -9.18. The van der Waals surface area contributed by atoms with E-state index in [-0.39, 0.29) is 70.2 Å². The minimum atomic E-state index is -1.93. The summed E-state index contributed by atoms with van der Waals surface area (Å²) >= 11 is 0. The number of hydrogen-bond acceptors (Lipinski definition) is 16. The van der Waals surface area contributed by atoms with Crippen LogP contribution >= 0.6 is 0 Å². The number of aliphatic hydroxyl groups excluding tert-OH is 1. The van der Waals surface area contributed by atoms with E-state index in [2.05, 4.69) is 47.9 Å². The number of carboxylic acid groups (broad SMARTS) is 3. The molecule has 4 aromatic rings. The molecule has 0 saturated heterocycles. The Morgan fingerprint density at radius 1 is 0.529 bits per heavy atom. The van der Waals surface area contributed by atoms with Crippen molar-refractivity contribution in [3.63, 3.8) is 0 Å². The van der Waals surface area contributed by atoms with Crippen LogP contribution in [-0.4, -0.2) is 165 Å². The number of hydrogen-bond donors (Lipinski definition) is 15. The van der Waals surface area contributed by atoms with Gasteiger partial charge >= 0.3 is 17.9 Å². The average Bonchev–Trinajstić information content (AvgIpc) is 1.73. The van der Waals surface area contributed by atoms with Crippen molar-refractivity contribution in [1.29, 1.82) is 0 Å². The van der Waals surface area contributed by atoms with Crippen LogP contribution in [0.25, 0.3) is 21.9 Å². The van der Waals surface area contributed by atoms with E-state index >= 15 is 0 Å². The van der Waals surface area contributed by atoms with Crippen molar-refractivity contribution in [2.75, 3.05) is 19.7 Å². The lowest BCUT2D eigenvalue weighted by Crippen LogP contribution is -2.62. The minimum absolute atomic E-state index is 0.00998. The first-order chi connectivity index (χ1) is 41.4. The number of carboxylic acids is 3. The molecule has 0 saturated carbocycles. The second kappa shape index (κ2) is 32.9. The number of nitrogens with two attached hydrogens (primary N) is 1. The molecule has 2 bridgehead atoms. The zero-order valence-corrected chi connectivity index (χ0v) is 48.8. The first-order valence-electron chi connectivity index (χ1n) is 28.7. The number of aliphatic carboxylic acids is 3. The van der Waals surface area contributed by atoms with E-state index in [0.29, 0.717) is 45.0 Å². The van der Waals surface area contributed by atoms with Gasteiger partial charge in [0.15, 0.2) is 0 Å². The maximum Gasteiger partial charge on any atom is 0.305 e. The van der Waals surface area contributed by atoms with Gasteiger partial charge in [-0.15, -0.1) is 0 Å². The lowest BCUT2D eigenvalue weighted by molar-refractivity contribution is -0.143. The number of aryl methyl sites for hydroxylation is 1. The van der Waals surface area contributed by atoms with E-state index < -0.39 is 157 Å². The molecular formula is C59H78N10O18. The van der Waals surface area contributed by atoms with Gasteiger partial charge in [-0.2, -0.15) is 0 Å². The van der Waals surface area contributed by atoms with Crippen molar-refractivity contribution >= 4 is 93.0 Å². The number of furan rings is 1. The van der Waals surface area contributed by atoms with Crippen molar-refractivity contribution < 1.29 is 87.5 Å². The van der Waals surface area contributed by atoms with Crippen molar-refractivity contribution in [3.8, 4) is 5.75 Å². The first-order valence-corrected chi connectivity index (χ1v) is 28.7. The molecule has 5 rings (SSSR count). The number of phenols is 1. The Labute approximate surface area is 500 Å². The Kier molecular flexibility index (Phi) is 26.0. The largest absolute Gasteiger partial charge is 0.508 e. The van der Waals surface area contributed by atoms with E-state index in [1.165, 1.54) is 24.3 Å². The highest BCUT2D eigenvalue weighted by Gasteiger charge is 2.38. The molecule has 9 amide bonds. The van der Waals surface area contributed by atoms with E-state index in [1.807, 2.05) is 0 Å². The van der Waals surface area contributed by atoms with Crippen LogP contribution in [0.3, 0.4) is 0 Å². The summed E-state index contributed by atoms with van der Waals surface area (Å²) in [5.41, 5.74) is 8.00. The van der Waals surface area contributed by atoms with Crippen molar-refractivity contribution in [2.45, 2.75) is 153 Å². The third kappa shape index (κ3) is 19.9. The third-order valence-electron chi connectivity index (χ3n) is 15.0. The molecule has 2 heterocycles. The van der Waals surface area contributed by atoms with Gasteiger partial charge in [-0.25, -0.2) is 0 Å². The molecule has 1 aliphatic heterocycles. The predicted molar refractivity (Wildman–Crippen MR) is 312 cm³/mol. The number of amides is 9. The fourth-order valence-electron chi connectivity index (χ4n) is 9.72. The number of aromatic hydroxyl groups is 1. The number of phenolic OH excluding ortho intramolecular Hbond substituents is 1. The van der Waals surface area contributed by atoms with Gasteiger partial charge in [0.05, 0.1) is 25.9 Å². The molecule has 87 heavy (non-hydrogen) atoms. The van der Waals surface area contributed by atoms with Gasteiger partial charge in [0.1, 0.15) is 65.3 Å². The maximum absolute atomic E-state index is 14.5. The fraction of sp³-hybridized carbons (Fsp3) is 0.492. The normalized spacial score (nSPS) is 23.0. The molecule has 28 heteroatoms. The summed E-state index contributed by atoms with van der Waals surface area (Å²) in [4.78, 5) is 163. The zero-order chi connectivity index (χ0) is 64.1. The van der Waals surface area contributed by atoms with Gasteiger partial charge in [-0.3, -0.25) is 57.5 Å². The summed E-state index contributed by atoms with van der Waals surface area (Å²) in [6, 6.07) is 2.60. The Balaban J connectivity index is 1.56. The van der Waals surface area contributed by atoms with Gasteiger partial charge in [-0.1, -0.05) is 89.1 Å². The Bertz CT molecular complexity index is 3150. The summed E-state index contributed by atoms with van der Waals surface area (Å²) in [6.45, 7) is 5.46. The Morgan fingerprint density at radius 2 is 0.966 bits per heavy atom. The van der Waals surface area contributed by atoms with Crippen LogP contribution in [0.4, 0.5) is 0 Å². The molecular weight excluding hydrogens is 1140 g/mol. The topological polar surface area (TPSA) is 453 Å². The van der Waals surface area contributed by atoms with Crippen LogP contribution < -0.4 is 53.6 Å². The van der Waals surface area contributed by atoms with Gasteiger partial charge in [0.2, 0.25) is 53.2 Å². The quantitative estimate of drug-likeness (QED) is 0.0601. The number of carbonyl (C=O) groups excluding carboxylic acids is 9. The number of rotatable bonds is 17. The van der Waals surface area contributed by atoms with E-state index in [0.717, 1.165) is 0 Å². The van der Waals surface area contributed by atoms with E-state index in [9.17, 15) is 83.1 Å². The van der Waals surface area contributed by atoms with Crippen LogP contribution in [0.1, 0.15) is 102 Å². The number of aliphatic hydroxyl groups is 1. The summed E-state index contributed by atoms with van der Waals surface area (Å²) in [6.07, 6.45) is -2.54. The van der Waals surface area contributed by atoms with Crippen LogP contribution in [0.2, 0.25) is 0 Å². The summed E-state index contributed by atoms with van der Waals surface area (Å²) in [5, 5.41) is 73.6. The van der Waals surface area contributed by atoms with Gasteiger partial charge < -0.3 is 83.5 Å². The lowest BCUT2D eigenvalue weighted by Gasteiger charge is -2.30. The number of benzene rings is 3. The molecule has 1 aromatic heterocycles. The molecule has 0 radical (unpaired) electrons. The van der Waals surface area contributed by atoms with Gasteiger partial charge in [0.25, 0.3) is 0 Å². The van der Waals surface area contributed by atoms with E-state index in [4.69, 9.17) is 10.2 Å². The molecule has 28 nitrogen and oxygen atoms in total. The molecule has 0 unspecified atom stereocenters. The molecule has 0 fully saturated rings. The van der Waals surface area contributed by atoms with Crippen LogP contribution in [0, 0.1) is 11.8 Å². The molecule has 16 N–H and O–H groups in total. The minimum Gasteiger partial charge on any atom is -0.508 e. The van der Waals surface area contributed by atoms with Crippen molar-refractivity contribution in [2.24, 2.45) is 17.6 Å². The van der Waals surface area contributed by atoms with E-state index in [1.54, 1.807) is 64.1 Å². The standard InChI is InChI=1S/C59H78N10O18/c1-5-30(3)48-58(85)66-42(28-47(77)78)55(82)65-40(26-45(73)74)52(79)61-24-22-34-12-10-14-37-36-13-9-11-33(50(36)87-51(34)37)18-21-44(72)62-41(27-46(75)76)54(81)64-39(25-32-16-19-35(71)20-17-32)56(83)69-49(31(4)6-2)59(86)67-43(29-70)57(84)63-38(53(80)68-48)15-7-8-23-60/h9-14,16-17,19-20,30-31,38-43,48-49,70-71H,5-8,15,18,21-29,60H2,1-4H3,(H,61,79)(H,62,72)(H,63,84)(H,64,81)(H,65,82)(H,66,85)(H,67,86)(H,68,80)(H,69,83)(H,73,74)(H,75,76)(H,77,78)/t30-,31-,38-,39-,40-,41-,42-,43-,48-,49-/m0/s1. The van der Waals surface area contributed by atoms with Crippen LogP contribution in [-0.2, 0) is 76.8 Å².